The van der Waals surface area contributed by atoms with E-state index in [1.54, 1.807) is 32.2 Å². The van der Waals surface area contributed by atoms with Crippen LogP contribution in [-0.4, -0.2) is 33.3 Å². The van der Waals surface area contributed by atoms with Crippen molar-refractivity contribution in [1.29, 1.82) is 0 Å². The Labute approximate surface area is 187 Å². The zero-order valence-electron chi connectivity index (χ0n) is 17.9. The van der Waals surface area contributed by atoms with E-state index in [1.165, 1.54) is 43.2 Å². The zero-order chi connectivity index (χ0) is 21.9. The molecule has 31 heavy (non-hydrogen) atoms. The standard InChI is InChI=1S/C24H28ClN3O3/c1-13-20(21(23(30)31)28(2)27-13)17-3-4-19(25)18(8-17)22(29)26-12-24-9-14-5-15(10-24)7-16(6-14)11-24/h3-4,8,14-16H,5-7,9-12H2,1-2H3,(H,26,29)(H,30,31). The molecule has 2 aromatic rings. The molecule has 0 spiro atoms. The van der Waals surface area contributed by atoms with Crippen molar-refractivity contribution in [2.75, 3.05) is 6.54 Å². The summed E-state index contributed by atoms with van der Waals surface area (Å²) in [5.41, 5.74) is 2.46. The number of carbonyl (C=O) groups excluding carboxylic acids is 1. The average Bonchev–Trinajstić information content (AvgIpc) is 2.99. The lowest BCUT2D eigenvalue weighted by Crippen LogP contribution is -2.51. The topological polar surface area (TPSA) is 84.2 Å². The predicted octanol–water partition coefficient (Wildman–Crippen LogP) is 4.69. The highest BCUT2D eigenvalue weighted by Gasteiger charge is 2.50. The number of hydrogen-bond acceptors (Lipinski definition) is 3. The molecular weight excluding hydrogens is 414 g/mol. The first-order valence-corrected chi connectivity index (χ1v) is 11.5. The SMILES string of the molecule is Cc1nn(C)c(C(=O)O)c1-c1ccc(Cl)c(C(=O)NCC23CC4CC(CC(C4)C2)C3)c1. The minimum Gasteiger partial charge on any atom is -0.477 e. The van der Waals surface area contributed by atoms with Crippen molar-refractivity contribution in [3.05, 3.63) is 40.2 Å². The number of benzene rings is 1. The molecule has 0 atom stereocenters. The fourth-order valence-electron chi connectivity index (χ4n) is 6.97. The summed E-state index contributed by atoms with van der Waals surface area (Å²) >= 11 is 6.38. The Morgan fingerprint density at radius 2 is 1.81 bits per heavy atom. The van der Waals surface area contributed by atoms with Crippen molar-refractivity contribution in [3.8, 4) is 11.1 Å². The molecule has 4 bridgehead atoms. The fourth-order valence-corrected chi connectivity index (χ4v) is 7.18. The van der Waals surface area contributed by atoms with Crippen molar-refractivity contribution in [1.82, 2.24) is 15.1 Å². The maximum absolute atomic E-state index is 13.1. The smallest absolute Gasteiger partial charge is 0.354 e. The highest BCUT2D eigenvalue weighted by atomic mass is 35.5. The molecule has 4 saturated carbocycles. The van der Waals surface area contributed by atoms with Crippen LogP contribution in [0.2, 0.25) is 5.02 Å². The molecule has 4 aliphatic rings. The van der Waals surface area contributed by atoms with Gasteiger partial charge in [-0.05, 0) is 86.3 Å². The van der Waals surface area contributed by atoms with Crippen LogP contribution in [0.5, 0.6) is 0 Å². The molecule has 0 aliphatic heterocycles. The number of nitrogens with zero attached hydrogens (tertiary/aromatic N) is 2. The molecule has 4 fully saturated rings. The minimum absolute atomic E-state index is 0.0970. The van der Waals surface area contributed by atoms with E-state index in [9.17, 15) is 14.7 Å². The van der Waals surface area contributed by atoms with Crippen molar-refractivity contribution in [2.45, 2.75) is 45.4 Å². The van der Waals surface area contributed by atoms with Crippen molar-refractivity contribution < 1.29 is 14.7 Å². The first kappa shape index (κ1) is 20.6. The molecule has 0 unspecified atom stereocenters. The van der Waals surface area contributed by atoms with Crippen LogP contribution in [0, 0.1) is 30.1 Å². The summed E-state index contributed by atoms with van der Waals surface area (Å²) in [6, 6.07) is 5.09. The van der Waals surface area contributed by atoms with Gasteiger partial charge in [-0.1, -0.05) is 17.7 Å². The maximum Gasteiger partial charge on any atom is 0.354 e. The minimum atomic E-state index is -1.05. The summed E-state index contributed by atoms with van der Waals surface area (Å²) < 4.78 is 1.36. The van der Waals surface area contributed by atoms with Crippen LogP contribution in [0.3, 0.4) is 0 Å². The summed E-state index contributed by atoms with van der Waals surface area (Å²) in [4.78, 5) is 24.9. The van der Waals surface area contributed by atoms with Gasteiger partial charge in [0.25, 0.3) is 5.91 Å². The maximum atomic E-state index is 13.1. The summed E-state index contributed by atoms with van der Waals surface area (Å²) in [6.45, 7) is 2.46. The monoisotopic (exact) mass is 441 g/mol. The number of carboxylic acids is 1. The Morgan fingerprint density at radius 3 is 2.39 bits per heavy atom. The van der Waals surface area contributed by atoms with Gasteiger partial charge in [0.1, 0.15) is 0 Å². The third-order valence-electron chi connectivity index (χ3n) is 7.71. The molecule has 6 rings (SSSR count). The van der Waals surface area contributed by atoms with Gasteiger partial charge in [0.05, 0.1) is 16.3 Å². The second kappa shape index (κ2) is 7.37. The van der Waals surface area contributed by atoms with E-state index in [0.29, 0.717) is 34.0 Å². The van der Waals surface area contributed by atoms with Crippen LogP contribution in [0.25, 0.3) is 11.1 Å². The van der Waals surface area contributed by atoms with Crippen LogP contribution >= 0.6 is 11.6 Å². The molecule has 164 valence electrons. The predicted molar refractivity (Wildman–Crippen MR) is 118 cm³/mol. The van der Waals surface area contributed by atoms with Crippen LogP contribution in [0.15, 0.2) is 18.2 Å². The molecule has 1 amide bonds. The van der Waals surface area contributed by atoms with E-state index in [-0.39, 0.29) is 17.0 Å². The van der Waals surface area contributed by atoms with Crippen LogP contribution in [0.1, 0.15) is 65.1 Å². The third kappa shape index (κ3) is 3.55. The third-order valence-corrected chi connectivity index (χ3v) is 8.04. The van der Waals surface area contributed by atoms with E-state index in [2.05, 4.69) is 10.4 Å². The molecule has 7 heteroatoms. The molecule has 1 aromatic carbocycles. The van der Waals surface area contributed by atoms with E-state index in [4.69, 9.17) is 11.6 Å². The first-order valence-electron chi connectivity index (χ1n) is 11.1. The highest BCUT2D eigenvalue weighted by Crippen LogP contribution is 2.59. The van der Waals surface area contributed by atoms with E-state index in [1.807, 2.05) is 0 Å². The van der Waals surface area contributed by atoms with Gasteiger partial charge in [0.15, 0.2) is 5.69 Å². The largest absolute Gasteiger partial charge is 0.477 e. The summed E-state index contributed by atoms with van der Waals surface area (Å²) in [5, 5.41) is 17.4. The summed E-state index contributed by atoms with van der Waals surface area (Å²) in [5.74, 6) is 1.25. The van der Waals surface area contributed by atoms with Crippen LogP contribution in [-0.2, 0) is 7.05 Å². The lowest BCUT2D eigenvalue weighted by Gasteiger charge is -2.56. The number of nitrogens with one attached hydrogen (secondary N) is 1. The second-order valence-electron chi connectivity index (χ2n) is 10.0. The Balaban J connectivity index is 1.39. The molecule has 4 aliphatic carbocycles. The summed E-state index contributed by atoms with van der Waals surface area (Å²) in [7, 11) is 1.61. The average molecular weight is 442 g/mol. The zero-order valence-corrected chi connectivity index (χ0v) is 18.7. The van der Waals surface area contributed by atoms with Gasteiger partial charge in [0.2, 0.25) is 0 Å². The molecule has 1 heterocycles. The van der Waals surface area contributed by atoms with Gasteiger partial charge in [-0.2, -0.15) is 5.10 Å². The van der Waals surface area contributed by atoms with Crippen LogP contribution in [0.4, 0.5) is 0 Å². The normalized spacial score (nSPS) is 28.7. The number of halogens is 1. The number of aryl methyl sites for hydroxylation is 2. The van der Waals surface area contributed by atoms with Gasteiger partial charge < -0.3 is 10.4 Å². The number of carboxylic acid groups (broad SMARTS) is 1. The molecule has 0 radical (unpaired) electrons. The van der Waals surface area contributed by atoms with Crippen molar-refractivity contribution in [2.24, 2.45) is 30.2 Å². The summed E-state index contributed by atoms with van der Waals surface area (Å²) in [6.07, 6.45) is 7.80. The van der Waals surface area contributed by atoms with Crippen molar-refractivity contribution in [3.63, 3.8) is 0 Å². The second-order valence-corrected chi connectivity index (χ2v) is 10.4. The van der Waals surface area contributed by atoms with Gasteiger partial charge >= 0.3 is 5.97 Å². The Hall–Kier alpha value is -2.34. The van der Waals surface area contributed by atoms with E-state index < -0.39 is 5.97 Å². The Morgan fingerprint density at radius 1 is 1.19 bits per heavy atom. The Kier molecular flexibility index (Phi) is 4.88. The number of aromatic nitrogens is 2. The first-order chi connectivity index (χ1) is 14.7. The molecular formula is C24H28ClN3O3. The lowest BCUT2D eigenvalue weighted by molar-refractivity contribution is -0.0503. The number of carbonyl (C=O) groups is 2. The number of rotatable bonds is 5. The van der Waals surface area contributed by atoms with Gasteiger partial charge in [-0.25, -0.2) is 4.79 Å². The fraction of sp³-hybridized carbons (Fsp3) is 0.542. The van der Waals surface area contributed by atoms with Gasteiger partial charge in [0, 0.05) is 19.2 Å². The number of aromatic carboxylic acids is 1. The van der Waals surface area contributed by atoms with Crippen molar-refractivity contribution >= 4 is 23.5 Å². The van der Waals surface area contributed by atoms with E-state index >= 15 is 0 Å². The number of amides is 1. The molecule has 6 nitrogen and oxygen atoms in total. The molecule has 2 N–H and O–H groups in total. The highest BCUT2D eigenvalue weighted by molar-refractivity contribution is 6.34. The quantitative estimate of drug-likeness (QED) is 0.704. The van der Waals surface area contributed by atoms with E-state index in [0.717, 1.165) is 17.8 Å². The lowest BCUT2D eigenvalue weighted by atomic mass is 9.49. The Bertz CT molecular complexity index is 1040. The molecule has 0 saturated heterocycles. The number of hydrogen-bond donors (Lipinski definition) is 2. The van der Waals surface area contributed by atoms with Crippen LogP contribution < -0.4 is 5.32 Å². The molecule has 1 aromatic heterocycles. The van der Waals surface area contributed by atoms with Gasteiger partial charge in [-0.3, -0.25) is 9.48 Å². The van der Waals surface area contributed by atoms with Gasteiger partial charge in [-0.15, -0.1) is 0 Å².